The standard InChI is InChI=1S/C17H27N3O2/c1-3-18-16(19-14-17(21)10-7-11-17)20(2)12-13-22-15-8-5-4-6-9-15/h4-6,8-9,21H,3,7,10-14H2,1-2H3,(H,18,19). The molecule has 0 unspecified atom stereocenters. The highest BCUT2D eigenvalue weighted by Crippen LogP contribution is 2.31. The smallest absolute Gasteiger partial charge is 0.193 e. The van der Waals surface area contributed by atoms with Gasteiger partial charge in [0.1, 0.15) is 12.4 Å². The van der Waals surface area contributed by atoms with Crippen molar-refractivity contribution < 1.29 is 9.84 Å². The first-order valence-corrected chi connectivity index (χ1v) is 8.03. The summed E-state index contributed by atoms with van der Waals surface area (Å²) in [5.74, 6) is 1.70. The summed E-state index contributed by atoms with van der Waals surface area (Å²) >= 11 is 0. The number of nitrogens with zero attached hydrogens (tertiary/aromatic N) is 2. The summed E-state index contributed by atoms with van der Waals surface area (Å²) in [6.45, 7) is 4.65. The summed E-state index contributed by atoms with van der Waals surface area (Å²) in [5.41, 5.74) is -0.581. The van der Waals surface area contributed by atoms with Crippen LogP contribution in [0.15, 0.2) is 35.3 Å². The van der Waals surface area contributed by atoms with Crippen LogP contribution < -0.4 is 10.1 Å². The molecule has 1 aliphatic carbocycles. The maximum absolute atomic E-state index is 10.2. The maximum atomic E-state index is 10.2. The van der Waals surface area contributed by atoms with E-state index in [2.05, 4.69) is 10.3 Å². The van der Waals surface area contributed by atoms with Gasteiger partial charge in [-0.3, -0.25) is 4.99 Å². The van der Waals surface area contributed by atoms with Gasteiger partial charge in [-0.15, -0.1) is 0 Å². The van der Waals surface area contributed by atoms with Crippen molar-refractivity contribution in [3.05, 3.63) is 30.3 Å². The van der Waals surface area contributed by atoms with Crippen LogP contribution in [0.5, 0.6) is 5.75 Å². The molecule has 22 heavy (non-hydrogen) atoms. The quantitative estimate of drug-likeness (QED) is 0.596. The fraction of sp³-hybridized carbons (Fsp3) is 0.588. The average Bonchev–Trinajstić information content (AvgIpc) is 2.50. The summed E-state index contributed by atoms with van der Waals surface area (Å²) in [6.07, 6.45) is 2.82. The van der Waals surface area contributed by atoms with Crippen molar-refractivity contribution in [1.82, 2.24) is 10.2 Å². The zero-order valence-electron chi connectivity index (χ0n) is 13.6. The molecule has 1 aliphatic rings. The number of hydrogen-bond donors (Lipinski definition) is 2. The Bertz CT molecular complexity index is 472. The zero-order valence-corrected chi connectivity index (χ0v) is 13.6. The highest BCUT2D eigenvalue weighted by molar-refractivity contribution is 5.79. The topological polar surface area (TPSA) is 57.1 Å². The van der Waals surface area contributed by atoms with Crippen LogP contribution in [0.4, 0.5) is 0 Å². The van der Waals surface area contributed by atoms with E-state index in [1.54, 1.807) is 0 Å². The van der Waals surface area contributed by atoms with E-state index in [4.69, 9.17) is 4.74 Å². The predicted molar refractivity (Wildman–Crippen MR) is 89.3 cm³/mol. The first-order valence-electron chi connectivity index (χ1n) is 8.03. The van der Waals surface area contributed by atoms with Crippen LogP contribution in [0.25, 0.3) is 0 Å². The first kappa shape index (κ1) is 16.6. The van der Waals surface area contributed by atoms with E-state index in [1.165, 1.54) is 0 Å². The highest BCUT2D eigenvalue weighted by Gasteiger charge is 2.34. The number of para-hydroxylation sites is 1. The predicted octanol–water partition coefficient (Wildman–Crippen LogP) is 1.88. The Morgan fingerprint density at radius 1 is 1.36 bits per heavy atom. The van der Waals surface area contributed by atoms with Crippen LogP contribution in [-0.2, 0) is 0 Å². The second kappa shape index (κ2) is 8.03. The van der Waals surface area contributed by atoms with Crippen LogP contribution in [0, 0.1) is 0 Å². The molecule has 0 bridgehead atoms. The average molecular weight is 305 g/mol. The third kappa shape index (κ3) is 4.91. The van der Waals surface area contributed by atoms with Crippen molar-refractivity contribution >= 4 is 5.96 Å². The third-order valence-corrected chi connectivity index (χ3v) is 3.94. The monoisotopic (exact) mass is 305 g/mol. The van der Waals surface area contributed by atoms with Gasteiger partial charge in [-0.1, -0.05) is 18.2 Å². The first-order chi connectivity index (χ1) is 10.6. The summed E-state index contributed by atoms with van der Waals surface area (Å²) < 4.78 is 5.71. The lowest BCUT2D eigenvalue weighted by Crippen LogP contribution is -2.44. The van der Waals surface area contributed by atoms with E-state index >= 15 is 0 Å². The molecular weight excluding hydrogens is 278 g/mol. The summed E-state index contributed by atoms with van der Waals surface area (Å²) in [7, 11) is 1.99. The third-order valence-electron chi connectivity index (χ3n) is 3.94. The number of aliphatic hydroxyl groups is 1. The molecule has 0 spiro atoms. The number of hydrogen-bond acceptors (Lipinski definition) is 3. The van der Waals surface area contributed by atoms with Gasteiger partial charge in [0.25, 0.3) is 0 Å². The minimum Gasteiger partial charge on any atom is -0.492 e. The molecule has 0 heterocycles. The van der Waals surface area contributed by atoms with Crippen molar-refractivity contribution in [2.45, 2.75) is 31.8 Å². The molecule has 122 valence electrons. The number of aliphatic imine (C=N–C) groups is 1. The lowest BCUT2D eigenvalue weighted by molar-refractivity contribution is -0.0237. The van der Waals surface area contributed by atoms with E-state index in [0.29, 0.717) is 13.2 Å². The normalized spacial score (nSPS) is 16.8. The summed E-state index contributed by atoms with van der Waals surface area (Å²) in [4.78, 5) is 6.59. The molecule has 1 aromatic carbocycles. The number of guanidine groups is 1. The van der Waals surface area contributed by atoms with Gasteiger partial charge in [0.05, 0.1) is 18.7 Å². The van der Waals surface area contributed by atoms with Crippen molar-refractivity contribution in [2.24, 2.45) is 4.99 Å². The van der Waals surface area contributed by atoms with Gasteiger partial charge >= 0.3 is 0 Å². The zero-order chi connectivity index (χ0) is 15.8. The van der Waals surface area contributed by atoms with Crippen LogP contribution in [0.3, 0.4) is 0 Å². The number of ether oxygens (including phenoxy) is 1. The molecule has 2 rings (SSSR count). The second-order valence-corrected chi connectivity index (χ2v) is 5.83. The van der Waals surface area contributed by atoms with Gasteiger partial charge in [0, 0.05) is 13.6 Å². The minimum atomic E-state index is -0.581. The molecule has 0 aromatic heterocycles. The van der Waals surface area contributed by atoms with Gasteiger partial charge in [-0.05, 0) is 38.3 Å². The van der Waals surface area contributed by atoms with Gasteiger partial charge < -0.3 is 20.1 Å². The molecule has 0 saturated heterocycles. The van der Waals surface area contributed by atoms with E-state index in [1.807, 2.05) is 49.2 Å². The SMILES string of the molecule is CCNC(=NCC1(O)CCC1)N(C)CCOc1ccccc1. The molecule has 1 aromatic rings. The van der Waals surface area contributed by atoms with Crippen molar-refractivity contribution in [3.63, 3.8) is 0 Å². The van der Waals surface area contributed by atoms with Gasteiger partial charge in [0.2, 0.25) is 0 Å². The molecule has 2 N–H and O–H groups in total. The molecule has 0 radical (unpaired) electrons. The van der Waals surface area contributed by atoms with Crippen LogP contribution in [0.2, 0.25) is 0 Å². The number of likely N-dealkylation sites (N-methyl/N-ethyl adjacent to an activating group) is 1. The Morgan fingerprint density at radius 2 is 2.09 bits per heavy atom. The molecular formula is C17H27N3O2. The van der Waals surface area contributed by atoms with Gasteiger partial charge in [0.15, 0.2) is 5.96 Å². The fourth-order valence-electron chi connectivity index (χ4n) is 2.36. The fourth-order valence-corrected chi connectivity index (χ4v) is 2.36. The Morgan fingerprint density at radius 3 is 2.68 bits per heavy atom. The van der Waals surface area contributed by atoms with Gasteiger partial charge in [-0.2, -0.15) is 0 Å². The molecule has 0 amide bonds. The van der Waals surface area contributed by atoms with E-state index in [-0.39, 0.29) is 0 Å². The minimum absolute atomic E-state index is 0.471. The Balaban J connectivity index is 1.80. The largest absolute Gasteiger partial charge is 0.492 e. The number of rotatable bonds is 7. The molecule has 1 fully saturated rings. The Labute approximate surface area is 133 Å². The van der Waals surface area contributed by atoms with Crippen molar-refractivity contribution in [3.8, 4) is 5.75 Å². The van der Waals surface area contributed by atoms with Crippen molar-refractivity contribution in [2.75, 3.05) is 33.3 Å². The number of nitrogens with one attached hydrogen (secondary N) is 1. The summed E-state index contributed by atoms with van der Waals surface area (Å²) in [6, 6.07) is 9.80. The highest BCUT2D eigenvalue weighted by atomic mass is 16.5. The second-order valence-electron chi connectivity index (χ2n) is 5.83. The molecule has 0 aliphatic heterocycles. The van der Waals surface area contributed by atoms with E-state index in [0.717, 1.165) is 44.1 Å². The van der Waals surface area contributed by atoms with E-state index in [9.17, 15) is 5.11 Å². The number of benzene rings is 1. The van der Waals surface area contributed by atoms with Crippen LogP contribution in [0.1, 0.15) is 26.2 Å². The Kier molecular flexibility index (Phi) is 6.07. The molecule has 5 heteroatoms. The molecule has 1 saturated carbocycles. The molecule has 0 atom stereocenters. The lowest BCUT2D eigenvalue weighted by atomic mass is 9.80. The maximum Gasteiger partial charge on any atom is 0.193 e. The Hall–Kier alpha value is -1.75. The van der Waals surface area contributed by atoms with Crippen LogP contribution >= 0.6 is 0 Å². The van der Waals surface area contributed by atoms with Gasteiger partial charge in [-0.25, -0.2) is 0 Å². The lowest BCUT2D eigenvalue weighted by Gasteiger charge is -2.35. The van der Waals surface area contributed by atoms with E-state index < -0.39 is 5.60 Å². The molecule has 5 nitrogen and oxygen atoms in total. The summed E-state index contributed by atoms with van der Waals surface area (Å²) in [5, 5.41) is 13.4. The van der Waals surface area contributed by atoms with Crippen LogP contribution in [-0.4, -0.2) is 54.9 Å². The van der Waals surface area contributed by atoms with Crippen molar-refractivity contribution in [1.29, 1.82) is 0 Å².